The average Bonchev–Trinajstić information content (AvgIpc) is 3.21. The molecule has 7 heteroatoms. The number of fused-ring (bicyclic) bond motifs is 2. The van der Waals surface area contributed by atoms with Gasteiger partial charge < -0.3 is 15.1 Å². The van der Waals surface area contributed by atoms with Crippen molar-refractivity contribution in [2.45, 2.75) is 25.7 Å². The smallest absolute Gasteiger partial charge is 0.269 e. The number of H-pyrrole nitrogens is 1. The van der Waals surface area contributed by atoms with Crippen molar-refractivity contribution in [3.8, 4) is 0 Å². The summed E-state index contributed by atoms with van der Waals surface area (Å²) in [6.45, 7) is 2.01. The summed E-state index contributed by atoms with van der Waals surface area (Å²) in [5.74, 6) is 0.567. The Morgan fingerprint density at radius 2 is 2.16 bits per heavy atom. The lowest BCUT2D eigenvalue weighted by atomic mass is 9.83. The van der Waals surface area contributed by atoms with Crippen molar-refractivity contribution >= 4 is 28.6 Å². The van der Waals surface area contributed by atoms with E-state index < -0.39 is 0 Å². The first kappa shape index (κ1) is 15.4. The van der Waals surface area contributed by atoms with E-state index in [2.05, 4.69) is 20.8 Å². The Hall–Kier alpha value is -3.09. The van der Waals surface area contributed by atoms with Gasteiger partial charge in [0.05, 0.1) is 0 Å². The Morgan fingerprint density at radius 3 is 2.92 bits per heavy atom. The molecule has 0 saturated heterocycles. The number of para-hydroxylation sites is 1. The molecule has 4 rings (SSSR count). The SMILES string of the molecule is CCc1oc2ccccc2c1[C@@H]1CC(=O)Nc2n[nH]c(C(=O)NC)c21. The van der Waals surface area contributed by atoms with Crippen LogP contribution in [0.3, 0.4) is 0 Å². The van der Waals surface area contributed by atoms with Gasteiger partial charge in [-0.05, 0) is 6.07 Å². The molecule has 25 heavy (non-hydrogen) atoms. The summed E-state index contributed by atoms with van der Waals surface area (Å²) in [5, 5.41) is 13.2. The number of nitrogens with one attached hydrogen (secondary N) is 3. The van der Waals surface area contributed by atoms with Crippen LogP contribution in [-0.2, 0) is 11.2 Å². The lowest BCUT2D eigenvalue weighted by Gasteiger charge is -2.23. The van der Waals surface area contributed by atoms with E-state index in [1.807, 2.05) is 31.2 Å². The van der Waals surface area contributed by atoms with Crippen LogP contribution >= 0.6 is 0 Å². The van der Waals surface area contributed by atoms with Crippen molar-refractivity contribution in [1.82, 2.24) is 15.5 Å². The molecule has 1 atom stereocenters. The van der Waals surface area contributed by atoms with Crippen LogP contribution < -0.4 is 10.6 Å². The molecule has 128 valence electrons. The zero-order valence-electron chi connectivity index (χ0n) is 14.0. The Kier molecular flexibility index (Phi) is 3.56. The van der Waals surface area contributed by atoms with Gasteiger partial charge in [-0.2, -0.15) is 5.10 Å². The Labute approximate surface area is 143 Å². The van der Waals surface area contributed by atoms with E-state index in [0.717, 1.165) is 22.3 Å². The topological polar surface area (TPSA) is 100 Å². The van der Waals surface area contributed by atoms with Crippen LogP contribution in [0, 0.1) is 0 Å². The van der Waals surface area contributed by atoms with Crippen LogP contribution in [0.2, 0.25) is 0 Å². The monoisotopic (exact) mass is 338 g/mol. The number of hydrogen-bond acceptors (Lipinski definition) is 4. The molecular formula is C18H18N4O3. The summed E-state index contributed by atoms with van der Waals surface area (Å²) in [6.07, 6.45) is 0.942. The first-order valence-corrected chi connectivity index (χ1v) is 8.24. The second-order valence-corrected chi connectivity index (χ2v) is 6.03. The van der Waals surface area contributed by atoms with Gasteiger partial charge in [0.2, 0.25) is 5.91 Å². The summed E-state index contributed by atoms with van der Waals surface area (Å²) in [6, 6.07) is 7.76. The van der Waals surface area contributed by atoms with E-state index >= 15 is 0 Å². The Bertz CT molecular complexity index is 986. The molecule has 0 unspecified atom stereocenters. The number of carbonyl (C=O) groups is 2. The predicted octanol–water partition coefficient (Wildman–Crippen LogP) is 2.55. The van der Waals surface area contributed by atoms with Crippen molar-refractivity contribution in [3.05, 3.63) is 46.8 Å². The third-order valence-electron chi connectivity index (χ3n) is 4.63. The molecule has 0 aliphatic carbocycles. The summed E-state index contributed by atoms with van der Waals surface area (Å²) < 4.78 is 5.99. The van der Waals surface area contributed by atoms with Gasteiger partial charge in [0.15, 0.2) is 5.82 Å². The zero-order chi connectivity index (χ0) is 17.6. The van der Waals surface area contributed by atoms with Crippen LogP contribution in [0.15, 0.2) is 28.7 Å². The highest BCUT2D eigenvalue weighted by molar-refractivity contribution is 6.01. The second-order valence-electron chi connectivity index (χ2n) is 6.03. The van der Waals surface area contributed by atoms with Crippen molar-refractivity contribution in [2.24, 2.45) is 0 Å². The van der Waals surface area contributed by atoms with Crippen molar-refractivity contribution in [1.29, 1.82) is 0 Å². The van der Waals surface area contributed by atoms with E-state index in [0.29, 0.717) is 23.5 Å². The van der Waals surface area contributed by atoms with Gasteiger partial charge in [0.1, 0.15) is 17.0 Å². The number of benzene rings is 1. The van der Waals surface area contributed by atoms with Gasteiger partial charge in [0, 0.05) is 42.3 Å². The third kappa shape index (κ3) is 2.31. The van der Waals surface area contributed by atoms with Crippen LogP contribution in [0.1, 0.15) is 46.6 Å². The maximum atomic E-state index is 12.2. The van der Waals surface area contributed by atoms with Gasteiger partial charge in [0.25, 0.3) is 5.91 Å². The third-order valence-corrected chi connectivity index (χ3v) is 4.63. The van der Waals surface area contributed by atoms with Gasteiger partial charge in [-0.15, -0.1) is 0 Å². The number of carbonyl (C=O) groups excluding carboxylic acids is 2. The Morgan fingerprint density at radius 1 is 1.36 bits per heavy atom. The number of nitrogens with zero attached hydrogens (tertiary/aromatic N) is 1. The van der Waals surface area contributed by atoms with Crippen LogP contribution in [0.5, 0.6) is 0 Å². The van der Waals surface area contributed by atoms with Gasteiger partial charge in [-0.3, -0.25) is 14.7 Å². The molecule has 0 saturated carbocycles. The lowest BCUT2D eigenvalue weighted by molar-refractivity contribution is -0.116. The Balaban J connectivity index is 1.97. The van der Waals surface area contributed by atoms with E-state index in [4.69, 9.17) is 4.42 Å². The lowest BCUT2D eigenvalue weighted by Crippen LogP contribution is -2.26. The minimum absolute atomic E-state index is 0.125. The second kappa shape index (κ2) is 5.77. The zero-order valence-corrected chi connectivity index (χ0v) is 14.0. The highest BCUT2D eigenvalue weighted by atomic mass is 16.3. The van der Waals surface area contributed by atoms with Crippen LogP contribution in [0.4, 0.5) is 5.82 Å². The number of rotatable bonds is 3. The molecule has 3 N–H and O–H groups in total. The summed E-state index contributed by atoms with van der Waals surface area (Å²) in [4.78, 5) is 24.5. The predicted molar refractivity (Wildman–Crippen MR) is 92.7 cm³/mol. The molecule has 1 aromatic carbocycles. The van der Waals surface area contributed by atoms with Crippen LogP contribution in [0.25, 0.3) is 11.0 Å². The quantitative estimate of drug-likeness (QED) is 0.683. The molecule has 7 nitrogen and oxygen atoms in total. The minimum Gasteiger partial charge on any atom is -0.461 e. The van der Waals surface area contributed by atoms with E-state index in [1.165, 1.54) is 0 Å². The molecule has 2 amide bonds. The highest BCUT2D eigenvalue weighted by Gasteiger charge is 2.36. The fraction of sp³-hybridized carbons (Fsp3) is 0.278. The summed E-state index contributed by atoms with van der Waals surface area (Å²) >= 11 is 0. The number of aryl methyl sites for hydroxylation is 1. The van der Waals surface area contributed by atoms with Gasteiger partial charge in [-0.1, -0.05) is 25.1 Å². The minimum atomic E-state index is -0.284. The van der Waals surface area contributed by atoms with Crippen LogP contribution in [-0.4, -0.2) is 29.1 Å². The number of amides is 2. The molecule has 0 radical (unpaired) electrons. The van der Waals surface area contributed by atoms with E-state index in [9.17, 15) is 9.59 Å². The average molecular weight is 338 g/mol. The molecule has 0 fully saturated rings. The summed E-state index contributed by atoms with van der Waals surface area (Å²) in [7, 11) is 1.57. The standard InChI is InChI=1S/C18H18N4O3/c1-3-11-14(9-6-4-5-7-12(9)25-11)10-8-13(23)20-17-15(10)16(21-22-17)18(24)19-2/h4-7,10H,3,8H2,1-2H3,(H,19,24)(H2,20,21,22,23)/t10-/m0/s1. The molecule has 1 aliphatic heterocycles. The molecule has 3 aromatic rings. The molecule has 3 heterocycles. The first-order chi connectivity index (χ1) is 12.1. The summed E-state index contributed by atoms with van der Waals surface area (Å²) in [5.41, 5.74) is 2.82. The van der Waals surface area contributed by atoms with Crippen molar-refractivity contribution in [2.75, 3.05) is 12.4 Å². The van der Waals surface area contributed by atoms with Crippen molar-refractivity contribution in [3.63, 3.8) is 0 Å². The van der Waals surface area contributed by atoms with Gasteiger partial charge in [-0.25, -0.2) is 0 Å². The normalized spacial score (nSPS) is 16.6. The number of anilines is 1. The fourth-order valence-corrected chi connectivity index (χ4v) is 3.56. The largest absolute Gasteiger partial charge is 0.461 e. The maximum absolute atomic E-state index is 12.2. The first-order valence-electron chi connectivity index (χ1n) is 8.24. The molecule has 0 bridgehead atoms. The molecule has 1 aliphatic rings. The number of aromatic nitrogens is 2. The number of aromatic amines is 1. The molecule has 0 spiro atoms. The van der Waals surface area contributed by atoms with E-state index in [1.54, 1.807) is 7.05 Å². The van der Waals surface area contributed by atoms with Gasteiger partial charge >= 0.3 is 0 Å². The fourth-order valence-electron chi connectivity index (χ4n) is 3.56. The maximum Gasteiger partial charge on any atom is 0.269 e. The molecule has 2 aromatic heterocycles. The highest BCUT2D eigenvalue weighted by Crippen LogP contribution is 2.43. The van der Waals surface area contributed by atoms with E-state index in [-0.39, 0.29) is 24.2 Å². The number of furan rings is 1. The van der Waals surface area contributed by atoms with Crippen molar-refractivity contribution < 1.29 is 14.0 Å². The number of hydrogen-bond donors (Lipinski definition) is 3. The molecular weight excluding hydrogens is 320 g/mol.